The predicted octanol–water partition coefficient (Wildman–Crippen LogP) is 1.06. The molecule has 1 unspecified atom stereocenters. The monoisotopic (exact) mass is 241 g/mol. The molecule has 4 nitrogen and oxygen atoms in total. The Hall–Kier alpha value is -0.610. The van der Waals surface area contributed by atoms with Crippen LogP contribution >= 0.6 is 0 Å². The SMILES string of the molecule is CCN(C(C)C)C(CN)CC(=O)N1CCCC1. The molecule has 0 aromatic carbocycles. The van der Waals surface area contributed by atoms with Crippen LogP contribution in [-0.2, 0) is 4.79 Å². The Morgan fingerprint density at radius 3 is 2.35 bits per heavy atom. The first kappa shape index (κ1) is 14.5. The van der Waals surface area contributed by atoms with Gasteiger partial charge < -0.3 is 10.6 Å². The number of carbonyl (C=O) groups excluding carboxylic acids is 1. The van der Waals surface area contributed by atoms with E-state index >= 15 is 0 Å². The summed E-state index contributed by atoms with van der Waals surface area (Å²) >= 11 is 0. The Bertz CT molecular complexity index is 237. The van der Waals surface area contributed by atoms with Crippen molar-refractivity contribution in [2.24, 2.45) is 5.73 Å². The lowest BCUT2D eigenvalue weighted by molar-refractivity contribution is -0.131. The number of carbonyl (C=O) groups is 1. The molecule has 17 heavy (non-hydrogen) atoms. The number of hydrogen-bond acceptors (Lipinski definition) is 3. The predicted molar refractivity (Wildman–Crippen MR) is 70.8 cm³/mol. The van der Waals surface area contributed by atoms with Gasteiger partial charge in [0.15, 0.2) is 0 Å². The molecular formula is C13H27N3O. The van der Waals surface area contributed by atoms with Crippen LogP contribution in [0.2, 0.25) is 0 Å². The topological polar surface area (TPSA) is 49.6 Å². The maximum Gasteiger partial charge on any atom is 0.224 e. The van der Waals surface area contributed by atoms with Crippen LogP contribution in [0.4, 0.5) is 0 Å². The van der Waals surface area contributed by atoms with Gasteiger partial charge in [-0.25, -0.2) is 0 Å². The summed E-state index contributed by atoms with van der Waals surface area (Å²) in [4.78, 5) is 16.4. The lowest BCUT2D eigenvalue weighted by Crippen LogP contribution is -2.47. The van der Waals surface area contributed by atoms with Crippen LogP contribution < -0.4 is 5.73 Å². The van der Waals surface area contributed by atoms with Gasteiger partial charge in [-0.15, -0.1) is 0 Å². The van der Waals surface area contributed by atoms with Gasteiger partial charge in [-0.3, -0.25) is 9.69 Å². The second kappa shape index (κ2) is 6.97. The zero-order chi connectivity index (χ0) is 12.8. The number of nitrogens with two attached hydrogens (primary N) is 1. The molecule has 0 aromatic rings. The molecule has 0 spiro atoms. The molecule has 1 heterocycles. The van der Waals surface area contributed by atoms with E-state index in [4.69, 9.17) is 5.73 Å². The van der Waals surface area contributed by atoms with E-state index in [0.717, 1.165) is 32.5 Å². The molecule has 0 aliphatic carbocycles. The number of hydrogen-bond donors (Lipinski definition) is 1. The van der Waals surface area contributed by atoms with Crippen LogP contribution in [0.15, 0.2) is 0 Å². The molecule has 1 atom stereocenters. The van der Waals surface area contributed by atoms with Crippen LogP contribution in [0.25, 0.3) is 0 Å². The van der Waals surface area contributed by atoms with E-state index in [1.54, 1.807) is 0 Å². The number of amides is 1. The van der Waals surface area contributed by atoms with E-state index in [1.807, 2.05) is 4.90 Å². The molecule has 0 bridgehead atoms. The second-order valence-corrected chi connectivity index (χ2v) is 5.11. The minimum Gasteiger partial charge on any atom is -0.343 e. The van der Waals surface area contributed by atoms with Crippen LogP contribution in [0.5, 0.6) is 0 Å². The summed E-state index contributed by atoms with van der Waals surface area (Å²) in [5, 5.41) is 0. The molecule has 1 amide bonds. The van der Waals surface area contributed by atoms with Gasteiger partial charge in [0, 0.05) is 38.1 Å². The average molecular weight is 241 g/mol. The van der Waals surface area contributed by atoms with E-state index in [-0.39, 0.29) is 11.9 Å². The summed E-state index contributed by atoms with van der Waals surface area (Å²) in [6, 6.07) is 0.632. The van der Waals surface area contributed by atoms with Gasteiger partial charge in [0.1, 0.15) is 0 Å². The molecule has 0 radical (unpaired) electrons. The molecule has 100 valence electrons. The molecule has 1 aliphatic heterocycles. The molecule has 2 N–H and O–H groups in total. The molecule has 1 saturated heterocycles. The Morgan fingerprint density at radius 2 is 1.94 bits per heavy atom. The number of likely N-dealkylation sites (N-methyl/N-ethyl adjacent to an activating group) is 1. The summed E-state index contributed by atoms with van der Waals surface area (Å²) in [5.41, 5.74) is 5.82. The fourth-order valence-electron chi connectivity index (χ4n) is 2.68. The third-order valence-electron chi connectivity index (χ3n) is 3.64. The van der Waals surface area contributed by atoms with Gasteiger partial charge in [0.25, 0.3) is 0 Å². The fraction of sp³-hybridized carbons (Fsp3) is 0.923. The summed E-state index contributed by atoms with van der Waals surface area (Å²) in [6.45, 7) is 9.83. The quantitative estimate of drug-likeness (QED) is 0.756. The molecule has 4 heteroatoms. The summed E-state index contributed by atoms with van der Waals surface area (Å²) < 4.78 is 0. The van der Waals surface area contributed by atoms with Crippen LogP contribution in [0.1, 0.15) is 40.0 Å². The summed E-state index contributed by atoms with van der Waals surface area (Å²) in [6.07, 6.45) is 2.88. The molecule has 0 aromatic heterocycles. The third kappa shape index (κ3) is 3.96. The molecule has 0 saturated carbocycles. The fourth-order valence-corrected chi connectivity index (χ4v) is 2.68. The van der Waals surface area contributed by atoms with Gasteiger partial charge >= 0.3 is 0 Å². The molecular weight excluding hydrogens is 214 g/mol. The standard InChI is InChI=1S/C13H27N3O/c1-4-16(11(2)3)12(10-14)9-13(17)15-7-5-6-8-15/h11-12H,4-10,14H2,1-3H3. The smallest absolute Gasteiger partial charge is 0.224 e. The van der Waals surface area contributed by atoms with Gasteiger partial charge in [-0.2, -0.15) is 0 Å². The largest absolute Gasteiger partial charge is 0.343 e. The van der Waals surface area contributed by atoms with E-state index in [1.165, 1.54) is 0 Å². The van der Waals surface area contributed by atoms with Crippen molar-refractivity contribution in [3.63, 3.8) is 0 Å². The van der Waals surface area contributed by atoms with Crippen LogP contribution in [0.3, 0.4) is 0 Å². The normalized spacial score (nSPS) is 18.1. The van der Waals surface area contributed by atoms with Crippen molar-refractivity contribution in [3.05, 3.63) is 0 Å². The van der Waals surface area contributed by atoms with Crippen LogP contribution in [-0.4, -0.2) is 54.0 Å². The average Bonchev–Trinajstić information content (AvgIpc) is 2.81. The highest BCUT2D eigenvalue weighted by atomic mass is 16.2. The van der Waals surface area contributed by atoms with Crippen molar-refractivity contribution in [1.29, 1.82) is 0 Å². The maximum atomic E-state index is 12.1. The van der Waals surface area contributed by atoms with Crippen molar-refractivity contribution in [1.82, 2.24) is 9.80 Å². The van der Waals surface area contributed by atoms with E-state index in [9.17, 15) is 4.79 Å². The lowest BCUT2D eigenvalue weighted by Gasteiger charge is -2.33. The van der Waals surface area contributed by atoms with Gasteiger partial charge in [0.2, 0.25) is 5.91 Å². The van der Waals surface area contributed by atoms with Gasteiger partial charge in [0.05, 0.1) is 0 Å². The first-order chi connectivity index (χ1) is 8.10. The van der Waals surface area contributed by atoms with Crippen molar-refractivity contribution < 1.29 is 4.79 Å². The first-order valence-electron chi connectivity index (χ1n) is 6.83. The van der Waals surface area contributed by atoms with Crippen molar-refractivity contribution in [3.8, 4) is 0 Å². The maximum absolute atomic E-state index is 12.1. The number of rotatable bonds is 6. The van der Waals surface area contributed by atoms with Crippen LogP contribution in [0, 0.1) is 0 Å². The molecule has 1 rings (SSSR count). The minimum atomic E-state index is 0.188. The Morgan fingerprint density at radius 1 is 1.35 bits per heavy atom. The summed E-state index contributed by atoms with van der Waals surface area (Å²) in [5.74, 6) is 0.275. The van der Waals surface area contributed by atoms with E-state index < -0.39 is 0 Å². The Balaban J connectivity index is 2.52. The van der Waals surface area contributed by atoms with Gasteiger partial charge in [-0.1, -0.05) is 6.92 Å². The minimum absolute atomic E-state index is 0.188. The van der Waals surface area contributed by atoms with Gasteiger partial charge in [-0.05, 0) is 33.2 Å². The van der Waals surface area contributed by atoms with Crippen molar-refractivity contribution >= 4 is 5.91 Å². The summed E-state index contributed by atoms with van der Waals surface area (Å²) in [7, 11) is 0. The molecule has 1 aliphatic rings. The lowest BCUT2D eigenvalue weighted by atomic mass is 10.1. The number of likely N-dealkylation sites (tertiary alicyclic amines) is 1. The highest BCUT2D eigenvalue weighted by molar-refractivity contribution is 5.77. The van der Waals surface area contributed by atoms with Crippen molar-refractivity contribution in [2.75, 3.05) is 26.2 Å². The zero-order valence-electron chi connectivity index (χ0n) is 11.5. The van der Waals surface area contributed by atoms with Crippen molar-refractivity contribution in [2.45, 2.75) is 52.1 Å². The first-order valence-corrected chi connectivity index (χ1v) is 6.83. The van der Waals surface area contributed by atoms with E-state index in [0.29, 0.717) is 19.0 Å². The Labute approximate surface area is 105 Å². The Kier molecular flexibility index (Phi) is 5.92. The zero-order valence-corrected chi connectivity index (χ0v) is 11.5. The van der Waals surface area contributed by atoms with E-state index in [2.05, 4.69) is 25.7 Å². The highest BCUT2D eigenvalue weighted by Gasteiger charge is 2.25. The highest BCUT2D eigenvalue weighted by Crippen LogP contribution is 2.13. The third-order valence-corrected chi connectivity index (χ3v) is 3.64. The second-order valence-electron chi connectivity index (χ2n) is 5.11. The number of nitrogens with zero attached hydrogens (tertiary/aromatic N) is 2. The molecule has 1 fully saturated rings.